The van der Waals surface area contributed by atoms with Crippen molar-refractivity contribution in [3.63, 3.8) is 0 Å². The van der Waals surface area contributed by atoms with E-state index in [9.17, 15) is 0 Å². The Morgan fingerprint density at radius 3 is 2.85 bits per heavy atom. The number of hydrogen-bond acceptors (Lipinski definition) is 5. The molecule has 2 heterocycles. The van der Waals surface area contributed by atoms with Gasteiger partial charge < -0.3 is 4.52 Å². The quantitative estimate of drug-likeness (QED) is 0.709. The van der Waals surface area contributed by atoms with Crippen molar-refractivity contribution in [3.05, 3.63) is 53.9 Å². The van der Waals surface area contributed by atoms with Gasteiger partial charge in [-0.3, -0.25) is 0 Å². The average molecular weight is 262 g/mol. The second-order valence-corrected chi connectivity index (χ2v) is 4.33. The van der Waals surface area contributed by atoms with Crippen LogP contribution in [0.4, 0.5) is 0 Å². The zero-order valence-corrected chi connectivity index (χ0v) is 10.7. The van der Waals surface area contributed by atoms with Crippen LogP contribution in [0.3, 0.4) is 0 Å². The predicted octanol–water partition coefficient (Wildman–Crippen LogP) is 2.98. The van der Waals surface area contributed by atoms with Gasteiger partial charge in [0.2, 0.25) is 5.82 Å². The van der Waals surface area contributed by atoms with E-state index in [1.165, 1.54) is 0 Å². The van der Waals surface area contributed by atoms with Gasteiger partial charge in [0.1, 0.15) is 11.8 Å². The molecule has 2 aromatic heterocycles. The second kappa shape index (κ2) is 4.94. The third kappa shape index (κ3) is 2.27. The minimum absolute atomic E-state index is 0.317. The second-order valence-electron chi connectivity index (χ2n) is 4.33. The van der Waals surface area contributed by atoms with E-state index in [1.807, 2.05) is 37.3 Å². The minimum atomic E-state index is 0.317. The molecule has 0 bridgehead atoms. The standard InChI is InChI=1S/C15H10N4O/c1-10-3-2-4-11(7-10)14-18-15(20-19-14)12-5-6-17-13(8-12)9-16/h2-8H,1H3. The summed E-state index contributed by atoms with van der Waals surface area (Å²) in [5.41, 5.74) is 3.03. The molecule has 0 fully saturated rings. The average Bonchev–Trinajstić information content (AvgIpc) is 2.97. The topological polar surface area (TPSA) is 75.6 Å². The Bertz CT molecular complexity index is 801. The predicted molar refractivity (Wildman–Crippen MR) is 72.4 cm³/mol. The van der Waals surface area contributed by atoms with Gasteiger partial charge in [0, 0.05) is 17.3 Å². The summed E-state index contributed by atoms with van der Waals surface area (Å²) in [5, 5.41) is 12.8. The van der Waals surface area contributed by atoms with E-state index in [4.69, 9.17) is 9.78 Å². The third-order valence-electron chi connectivity index (χ3n) is 2.82. The number of nitrogens with zero attached hydrogens (tertiary/aromatic N) is 4. The summed E-state index contributed by atoms with van der Waals surface area (Å²) in [6.45, 7) is 2.01. The lowest BCUT2D eigenvalue weighted by atomic mass is 10.1. The van der Waals surface area contributed by atoms with Crippen molar-refractivity contribution in [3.8, 4) is 28.9 Å². The molecular weight excluding hydrogens is 252 g/mol. The van der Waals surface area contributed by atoms with E-state index >= 15 is 0 Å². The maximum Gasteiger partial charge on any atom is 0.258 e. The highest BCUT2D eigenvalue weighted by molar-refractivity contribution is 5.60. The van der Waals surface area contributed by atoms with Gasteiger partial charge in [-0.2, -0.15) is 10.2 Å². The zero-order valence-electron chi connectivity index (χ0n) is 10.7. The van der Waals surface area contributed by atoms with Crippen LogP contribution in [-0.2, 0) is 0 Å². The van der Waals surface area contributed by atoms with Crippen molar-refractivity contribution in [2.24, 2.45) is 0 Å². The van der Waals surface area contributed by atoms with Crippen LogP contribution in [0, 0.1) is 18.3 Å². The zero-order chi connectivity index (χ0) is 13.9. The van der Waals surface area contributed by atoms with Crippen LogP contribution in [0.15, 0.2) is 47.1 Å². The van der Waals surface area contributed by atoms with Crippen molar-refractivity contribution in [2.45, 2.75) is 6.92 Å². The van der Waals surface area contributed by atoms with Crippen LogP contribution in [0.25, 0.3) is 22.8 Å². The lowest BCUT2D eigenvalue weighted by Gasteiger charge is -1.95. The Labute approximate surface area is 115 Å². The Morgan fingerprint density at radius 1 is 1.15 bits per heavy atom. The molecule has 1 aromatic carbocycles. The number of aromatic nitrogens is 3. The van der Waals surface area contributed by atoms with E-state index in [1.54, 1.807) is 18.3 Å². The highest BCUT2D eigenvalue weighted by Crippen LogP contribution is 2.22. The van der Waals surface area contributed by atoms with Crippen molar-refractivity contribution in [1.82, 2.24) is 15.1 Å². The maximum atomic E-state index is 8.84. The molecule has 0 unspecified atom stereocenters. The Hall–Kier alpha value is -3.00. The van der Waals surface area contributed by atoms with Gasteiger partial charge in [-0.25, -0.2) is 4.98 Å². The molecular formula is C15H10N4O. The molecule has 20 heavy (non-hydrogen) atoms. The number of pyridine rings is 1. The molecule has 0 aliphatic rings. The van der Waals surface area contributed by atoms with E-state index in [0.29, 0.717) is 23.0 Å². The first-order valence-corrected chi connectivity index (χ1v) is 6.03. The first-order valence-electron chi connectivity index (χ1n) is 6.03. The van der Waals surface area contributed by atoms with E-state index in [0.717, 1.165) is 11.1 Å². The van der Waals surface area contributed by atoms with Crippen molar-refractivity contribution in [2.75, 3.05) is 0 Å². The molecule has 5 nitrogen and oxygen atoms in total. The molecule has 0 amide bonds. The summed E-state index contributed by atoms with van der Waals surface area (Å²) in [7, 11) is 0. The van der Waals surface area contributed by atoms with Gasteiger partial charge in [-0.15, -0.1) is 0 Å². The molecule has 0 radical (unpaired) electrons. The van der Waals surface area contributed by atoms with Crippen LogP contribution in [0.2, 0.25) is 0 Å². The monoisotopic (exact) mass is 262 g/mol. The van der Waals surface area contributed by atoms with Gasteiger partial charge in [0.05, 0.1) is 0 Å². The van der Waals surface area contributed by atoms with Gasteiger partial charge in [-0.1, -0.05) is 28.9 Å². The lowest BCUT2D eigenvalue weighted by Crippen LogP contribution is -1.85. The van der Waals surface area contributed by atoms with Crippen LogP contribution in [-0.4, -0.2) is 15.1 Å². The molecule has 0 atom stereocenters. The normalized spacial score (nSPS) is 10.2. The molecule has 0 aliphatic heterocycles. The third-order valence-corrected chi connectivity index (χ3v) is 2.82. The van der Waals surface area contributed by atoms with Crippen molar-refractivity contribution < 1.29 is 4.52 Å². The molecule has 0 saturated heterocycles. The summed E-state index contributed by atoms with van der Waals surface area (Å²) in [6.07, 6.45) is 1.55. The van der Waals surface area contributed by atoms with E-state index < -0.39 is 0 Å². The van der Waals surface area contributed by atoms with Gasteiger partial charge >= 0.3 is 0 Å². The van der Waals surface area contributed by atoms with Crippen LogP contribution in [0.1, 0.15) is 11.3 Å². The molecule has 5 heteroatoms. The lowest BCUT2D eigenvalue weighted by molar-refractivity contribution is 0.432. The first kappa shape index (κ1) is 12.1. The van der Waals surface area contributed by atoms with E-state index in [2.05, 4.69) is 15.1 Å². The van der Waals surface area contributed by atoms with Crippen LogP contribution in [0.5, 0.6) is 0 Å². The van der Waals surface area contributed by atoms with Crippen molar-refractivity contribution >= 4 is 0 Å². The minimum Gasteiger partial charge on any atom is -0.334 e. The SMILES string of the molecule is Cc1cccc(-c2noc(-c3ccnc(C#N)c3)n2)c1. The smallest absolute Gasteiger partial charge is 0.258 e. The van der Waals surface area contributed by atoms with Gasteiger partial charge in [0.25, 0.3) is 5.89 Å². The summed E-state index contributed by atoms with van der Waals surface area (Å²) in [4.78, 5) is 8.26. The van der Waals surface area contributed by atoms with Gasteiger partial charge in [0.15, 0.2) is 0 Å². The molecule has 0 N–H and O–H groups in total. The molecule has 0 spiro atoms. The highest BCUT2D eigenvalue weighted by atomic mass is 16.5. The summed E-state index contributed by atoms with van der Waals surface area (Å²) >= 11 is 0. The van der Waals surface area contributed by atoms with Crippen LogP contribution < -0.4 is 0 Å². The largest absolute Gasteiger partial charge is 0.334 e. The van der Waals surface area contributed by atoms with E-state index in [-0.39, 0.29) is 0 Å². The van der Waals surface area contributed by atoms with Crippen LogP contribution >= 0.6 is 0 Å². The number of hydrogen-bond donors (Lipinski definition) is 0. The summed E-state index contributed by atoms with van der Waals surface area (Å²) < 4.78 is 5.25. The van der Waals surface area contributed by atoms with Gasteiger partial charge in [-0.05, 0) is 25.1 Å². The fourth-order valence-corrected chi connectivity index (χ4v) is 1.87. The summed E-state index contributed by atoms with van der Waals surface area (Å²) in [5.74, 6) is 0.902. The fraction of sp³-hybridized carbons (Fsp3) is 0.0667. The molecule has 3 rings (SSSR count). The Kier molecular flexibility index (Phi) is 2.98. The number of benzene rings is 1. The molecule has 0 saturated carbocycles. The Morgan fingerprint density at radius 2 is 2.05 bits per heavy atom. The molecule has 96 valence electrons. The van der Waals surface area contributed by atoms with Crippen molar-refractivity contribution in [1.29, 1.82) is 5.26 Å². The maximum absolute atomic E-state index is 8.84. The summed E-state index contributed by atoms with van der Waals surface area (Å²) in [6, 6.07) is 13.2. The molecule has 0 aliphatic carbocycles. The number of aryl methyl sites for hydroxylation is 1. The Balaban J connectivity index is 2.00. The highest BCUT2D eigenvalue weighted by Gasteiger charge is 2.11. The fourth-order valence-electron chi connectivity index (χ4n) is 1.87. The number of rotatable bonds is 2. The first-order chi connectivity index (χ1) is 9.76. The number of nitriles is 1. The molecule has 3 aromatic rings.